The summed E-state index contributed by atoms with van der Waals surface area (Å²) >= 11 is 0. The fraction of sp³-hybridized carbons (Fsp3) is 0.688. The summed E-state index contributed by atoms with van der Waals surface area (Å²) in [5.74, 6) is 0.565. The van der Waals surface area contributed by atoms with Crippen LogP contribution in [-0.4, -0.2) is 50.8 Å². The van der Waals surface area contributed by atoms with Crippen molar-refractivity contribution in [2.24, 2.45) is 5.73 Å². The van der Waals surface area contributed by atoms with Gasteiger partial charge in [-0.15, -0.1) is 5.10 Å². The van der Waals surface area contributed by atoms with Gasteiger partial charge in [0.25, 0.3) is 5.91 Å². The lowest BCUT2D eigenvalue weighted by atomic mass is 9.92. The van der Waals surface area contributed by atoms with Crippen molar-refractivity contribution < 1.29 is 14.1 Å². The largest absolute Gasteiger partial charge is 0.384 e. The van der Waals surface area contributed by atoms with E-state index in [1.807, 2.05) is 0 Å². The van der Waals surface area contributed by atoms with Crippen molar-refractivity contribution in [1.82, 2.24) is 30.5 Å². The highest BCUT2D eigenvalue weighted by Crippen LogP contribution is 2.26. The lowest BCUT2D eigenvalue weighted by Gasteiger charge is -2.25. The summed E-state index contributed by atoms with van der Waals surface area (Å²) in [6, 6.07) is 0.0891. The summed E-state index contributed by atoms with van der Waals surface area (Å²) in [5, 5.41) is 14.8. The quantitative estimate of drug-likeness (QED) is 0.737. The molecule has 0 radical (unpaired) electrons. The number of ether oxygens (including phenoxy) is 1. The van der Waals surface area contributed by atoms with Gasteiger partial charge in [0.05, 0.1) is 18.8 Å². The molecule has 0 saturated heterocycles. The van der Waals surface area contributed by atoms with E-state index in [0.717, 1.165) is 25.7 Å². The number of nitrogens with one attached hydrogen (secondary N) is 1. The highest BCUT2D eigenvalue weighted by atomic mass is 16.5. The second-order valence-electron chi connectivity index (χ2n) is 6.64. The van der Waals surface area contributed by atoms with Gasteiger partial charge in [-0.05, 0) is 32.6 Å². The minimum Gasteiger partial charge on any atom is -0.384 e. The third-order valence-electron chi connectivity index (χ3n) is 4.59. The Morgan fingerprint density at radius 2 is 2.23 bits per heavy atom. The summed E-state index contributed by atoms with van der Waals surface area (Å²) in [7, 11) is 1.61. The normalized spacial score (nSPS) is 21.5. The van der Waals surface area contributed by atoms with Crippen LogP contribution < -0.4 is 11.1 Å². The first kappa shape index (κ1) is 18.5. The zero-order valence-corrected chi connectivity index (χ0v) is 15.1. The molecule has 2 aromatic rings. The Morgan fingerprint density at radius 3 is 2.96 bits per heavy atom. The topological polar surface area (TPSA) is 134 Å². The Bertz CT molecular complexity index is 721. The zero-order chi connectivity index (χ0) is 18.5. The zero-order valence-electron chi connectivity index (χ0n) is 15.1. The molecule has 1 unspecified atom stereocenters. The SMILES string of the molecule is COCCc1noc(C(C)NC(=O)c2cn(C3CCC(N)CC3)nn2)n1. The van der Waals surface area contributed by atoms with Gasteiger partial charge in [-0.1, -0.05) is 10.4 Å². The summed E-state index contributed by atoms with van der Waals surface area (Å²) in [6.45, 7) is 2.29. The van der Waals surface area contributed by atoms with E-state index in [1.165, 1.54) is 0 Å². The molecule has 1 atom stereocenters. The molecule has 1 aliphatic rings. The van der Waals surface area contributed by atoms with Gasteiger partial charge in [0.15, 0.2) is 11.5 Å². The number of carbonyl (C=O) groups excluding carboxylic acids is 1. The first-order valence-electron chi connectivity index (χ1n) is 8.86. The number of aromatic nitrogens is 5. The van der Waals surface area contributed by atoms with Crippen molar-refractivity contribution in [1.29, 1.82) is 0 Å². The van der Waals surface area contributed by atoms with Crippen LogP contribution in [0.15, 0.2) is 10.7 Å². The molecule has 10 nitrogen and oxygen atoms in total. The van der Waals surface area contributed by atoms with Gasteiger partial charge in [-0.2, -0.15) is 4.98 Å². The second kappa shape index (κ2) is 8.37. The third-order valence-corrected chi connectivity index (χ3v) is 4.59. The minimum absolute atomic E-state index is 0.251. The van der Waals surface area contributed by atoms with Crippen molar-refractivity contribution in [2.45, 2.75) is 57.2 Å². The Balaban J connectivity index is 1.57. The molecule has 0 bridgehead atoms. The number of rotatable bonds is 7. The van der Waals surface area contributed by atoms with Crippen molar-refractivity contribution >= 4 is 5.91 Å². The Labute approximate surface area is 151 Å². The van der Waals surface area contributed by atoms with E-state index in [9.17, 15) is 4.79 Å². The summed E-state index contributed by atoms with van der Waals surface area (Å²) < 4.78 is 11.9. The molecule has 10 heteroatoms. The van der Waals surface area contributed by atoms with E-state index in [-0.39, 0.29) is 23.7 Å². The summed E-state index contributed by atoms with van der Waals surface area (Å²) in [6.07, 6.45) is 6.07. The molecule has 142 valence electrons. The van der Waals surface area contributed by atoms with Gasteiger partial charge < -0.3 is 20.3 Å². The van der Waals surface area contributed by atoms with Gasteiger partial charge >= 0.3 is 0 Å². The fourth-order valence-corrected chi connectivity index (χ4v) is 3.00. The number of carbonyl (C=O) groups is 1. The maximum Gasteiger partial charge on any atom is 0.274 e. The molecule has 0 aromatic carbocycles. The van der Waals surface area contributed by atoms with Crippen molar-refractivity contribution in [3.63, 3.8) is 0 Å². The van der Waals surface area contributed by atoms with Crippen molar-refractivity contribution in [3.8, 4) is 0 Å². The van der Waals surface area contributed by atoms with Crippen LogP contribution >= 0.6 is 0 Å². The summed E-state index contributed by atoms with van der Waals surface area (Å²) in [5.41, 5.74) is 6.20. The number of nitrogens with two attached hydrogens (primary N) is 1. The maximum absolute atomic E-state index is 12.4. The van der Waals surface area contributed by atoms with Crippen LogP contribution in [0.25, 0.3) is 0 Å². The number of hydrogen-bond acceptors (Lipinski definition) is 8. The molecule has 3 N–H and O–H groups in total. The number of amides is 1. The van der Waals surface area contributed by atoms with E-state index in [1.54, 1.807) is 24.9 Å². The molecule has 26 heavy (non-hydrogen) atoms. The molecule has 0 spiro atoms. The average Bonchev–Trinajstić information content (AvgIpc) is 3.30. The molecule has 2 aromatic heterocycles. The Kier molecular flexibility index (Phi) is 5.94. The van der Waals surface area contributed by atoms with E-state index >= 15 is 0 Å². The molecule has 3 rings (SSSR count). The van der Waals surface area contributed by atoms with Gasteiger partial charge in [0, 0.05) is 19.6 Å². The van der Waals surface area contributed by atoms with Crippen LogP contribution in [0.2, 0.25) is 0 Å². The monoisotopic (exact) mass is 363 g/mol. The standard InChI is InChI=1S/C16H25N7O3/c1-10(16-19-14(21-26-16)7-8-25-2)18-15(24)13-9-23(22-20-13)12-5-3-11(17)4-6-12/h9-12H,3-8,17H2,1-2H3,(H,18,24). The van der Waals surface area contributed by atoms with Crippen LogP contribution in [0.3, 0.4) is 0 Å². The number of hydrogen-bond donors (Lipinski definition) is 2. The molecule has 1 saturated carbocycles. The highest BCUT2D eigenvalue weighted by molar-refractivity contribution is 5.92. The first-order valence-corrected chi connectivity index (χ1v) is 8.86. The van der Waals surface area contributed by atoms with Crippen molar-refractivity contribution in [2.75, 3.05) is 13.7 Å². The Morgan fingerprint density at radius 1 is 1.46 bits per heavy atom. The molecule has 0 aliphatic heterocycles. The highest BCUT2D eigenvalue weighted by Gasteiger charge is 2.23. The summed E-state index contributed by atoms with van der Waals surface area (Å²) in [4.78, 5) is 16.7. The molecule has 1 fully saturated rings. The molecular weight excluding hydrogens is 338 g/mol. The lowest BCUT2D eigenvalue weighted by molar-refractivity contribution is 0.0927. The van der Waals surface area contributed by atoms with Crippen molar-refractivity contribution in [3.05, 3.63) is 23.6 Å². The third kappa shape index (κ3) is 4.44. The van der Waals surface area contributed by atoms with Crippen LogP contribution in [0, 0.1) is 0 Å². The van der Waals surface area contributed by atoms with Gasteiger partial charge in [-0.3, -0.25) is 4.79 Å². The van der Waals surface area contributed by atoms with Gasteiger partial charge in [0.1, 0.15) is 6.04 Å². The minimum atomic E-state index is -0.427. The molecule has 1 amide bonds. The first-order chi connectivity index (χ1) is 12.6. The number of nitrogens with zero attached hydrogens (tertiary/aromatic N) is 5. The van der Waals surface area contributed by atoms with E-state index < -0.39 is 6.04 Å². The predicted octanol–water partition coefficient (Wildman–Crippen LogP) is 0.783. The number of methoxy groups -OCH3 is 1. The Hall–Kier alpha value is -2.33. The van der Waals surface area contributed by atoms with Crippen LogP contribution in [0.5, 0.6) is 0 Å². The van der Waals surface area contributed by atoms with Crippen LogP contribution in [-0.2, 0) is 11.2 Å². The van der Waals surface area contributed by atoms with E-state index in [0.29, 0.717) is 24.7 Å². The predicted molar refractivity (Wildman–Crippen MR) is 91.3 cm³/mol. The smallest absolute Gasteiger partial charge is 0.274 e. The van der Waals surface area contributed by atoms with Crippen LogP contribution in [0.4, 0.5) is 0 Å². The maximum atomic E-state index is 12.4. The molecule has 2 heterocycles. The average molecular weight is 363 g/mol. The van der Waals surface area contributed by atoms with E-state index in [4.69, 9.17) is 15.0 Å². The van der Waals surface area contributed by atoms with E-state index in [2.05, 4.69) is 25.8 Å². The fourth-order valence-electron chi connectivity index (χ4n) is 3.00. The van der Waals surface area contributed by atoms with Gasteiger partial charge in [-0.25, -0.2) is 4.68 Å². The second-order valence-corrected chi connectivity index (χ2v) is 6.64. The molecular formula is C16H25N7O3. The molecule has 1 aliphatic carbocycles. The lowest BCUT2D eigenvalue weighted by Crippen LogP contribution is -2.28. The van der Waals surface area contributed by atoms with Crippen LogP contribution in [0.1, 0.15) is 66.9 Å². The van der Waals surface area contributed by atoms with Gasteiger partial charge in [0.2, 0.25) is 5.89 Å².